The van der Waals surface area contributed by atoms with Crippen LogP contribution in [0.15, 0.2) is 33.4 Å². The molecule has 0 spiro atoms. The maximum absolute atomic E-state index is 5.77. The number of ether oxygens (including phenoxy) is 2. The van der Waals surface area contributed by atoms with Crippen LogP contribution in [0.1, 0.15) is 30.5 Å². The van der Waals surface area contributed by atoms with Crippen molar-refractivity contribution in [2.24, 2.45) is 0 Å². The van der Waals surface area contributed by atoms with Crippen molar-refractivity contribution in [3.8, 4) is 11.5 Å². The van der Waals surface area contributed by atoms with Crippen LogP contribution in [-0.4, -0.2) is 13.2 Å². The number of fused-ring (bicyclic) bond motifs is 1. The second-order valence-corrected chi connectivity index (χ2v) is 6.75. The van der Waals surface area contributed by atoms with Gasteiger partial charge in [-0.1, -0.05) is 0 Å². The summed E-state index contributed by atoms with van der Waals surface area (Å²) in [6.45, 7) is 4.40. The zero-order chi connectivity index (χ0) is 14.7. The Bertz CT molecular complexity index is 601. The molecule has 0 bridgehead atoms. The highest BCUT2D eigenvalue weighted by molar-refractivity contribution is 9.10. The van der Waals surface area contributed by atoms with Gasteiger partial charge in [0.1, 0.15) is 0 Å². The fourth-order valence-electron chi connectivity index (χ4n) is 2.30. The number of hydrogen-bond acceptors (Lipinski definition) is 4. The molecule has 1 N–H and O–H groups in total. The van der Waals surface area contributed by atoms with Crippen molar-refractivity contribution in [1.82, 2.24) is 5.32 Å². The Labute approximate surface area is 137 Å². The second-order valence-electron chi connectivity index (χ2n) is 5.11. The fourth-order valence-corrected chi connectivity index (χ4v) is 3.65. The molecule has 21 heavy (non-hydrogen) atoms. The standard InChI is InChI=1S/C16H18BrNO2S/c1-11(13-3-6-21-10-13)18-9-12-7-14(17)16-15(8-12)19-4-2-5-20-16/h3,6-8,10-11,18H,2,4-5,9H2,1H3. The van der Waals surface area contributed by atoms with E-state index in [-0.39, 0.29) is 0 Å². The van der Waals surface area contributed by atoms with Gasteiger partial charge in [0.2, 0.25) is 0 Å². The third kappa shape index (κ3) is 3.59. The van der Waals surface area contributed by atoms with Crippen LogP contribution in [0.25, 0.3) is 0 Å². The summed E-state index contributed by atoms with van der Waals surface area (Å²) < 4.78 is 12.5. The van der Waals surface area contributed by atoms with Gasteiger partial charge in [-0.3, -0.25) is 0 Å². The third-order valence-corrected chi connectivity index (χ3v) is 4.81. The van der Waals surface area contributed by atoms with Crippen molar-refractivity contribution in [1.29, 1.82) is 0 Å². The van der Waals surface area contributed by atoms with Gasteiger partial charge in [-0.25, -0.2) is 0 Å². The average molecular weight is 368 g/mol. The van der Waals surface area contributed by atoms with Gasteiger partial charge in [-0.15, -0.1) is 0 Å². The van der Waals surface area contributed by atoms with E-state index < -0.39 is 0 Å². The molecular weight excluding hydrogens is 350 g/mol. The first-order valence-electron chi connectivity index (χ1n) is 7.07. The van der Waals surface area contributed by atoms with E-state index in [2.05, 4.69) is 57.1 Å². The number of rotatable bonds is 4. The van der Waals surface area contributed by atoms with Crippen molar-refractivity contribution < 1.29 is 9.47 Å². The molecular formula is C16H18BrNO2S. The van der Waals surface area contributed by atoms with Crippen LogP contribution >= 0.6 is 27.3 Å². The van der Waals surface area contributed by atoms with Gasteiger partial charge in [0.15, 0.2) is 11.5 Å². The van der Waals surface area contributed by atoms with Crippen LogP contribution in [-0.2, 0) is 6.54 Å². The highest BCUT2D eigenvalue weighted by Gasteiger charge is 2.15. The smallest absolute Gasteiger partial charge is 0.175 e. The number of halogens is 1. The van der Waals surface area contributed by atoms with E-state index in [0.29, 0.717) is 19.3 Å². The quantitative estimate of drug-likeness (QED) is 0.861. The Hall–Kier alpha value is -1.04. The summed E-state index contributed by atoms with van der Waals surface area (Å²) in [5.41, 5.74) is 2.52. The highest BCUT2D eigenvalue weighted by atomic mass is 79.9. The highest BCUT2D eigenvalue weighted by Crippen LogP contribution is 2.38. The lowest BCUT2D eigenvalue weighted by atomic mass is 10.1. The Kier molecular flexibility index (Phi) is 4.83. The minimum Gasteiger partial charge on any atom is -0.490 e. The van der Waals surface area contributed by atoms with E-state index in [9.17, 15) is 0 Å². The van der Waals surface area contributed by atoms with Gasteiger partial charge in [-0.05, 0) is 62.9 Å². The van der Waals surface area contributed by atoms with Crippen LogP contribution < -0.4 is 14.8 Å². The maximum Gasteiger partial charge on any atom is 0.175 e. The number of nitrogens with one attached hydrogen (secondary N) is 1. The minimum atomic E-state index is 0.339. The monoisotopic (exact) mass is 367 g/mol. The van der Waals surface area contributed by atoms with Crippen molar-refractivity contribution in [2.75, 3.05) is 13.2 Å². The second kappa shape index (κ2) is 6.81. The largest absolute Gasteiger partial charge is 0.490 e. The molecule has 1 atom stereocenters. The molecule has 0 saturated heterocycles. The Morgan fingerprint density at radius 3 is 3.00 bits per heavy atom. The van der Waals surface area contributed by atoms with Gasteiger partial charge in [0.05, 0.1) is 17.7 Å². The predicted molar refractivity (Wildman–Crippen MR) is 89.3 cm³/mol. The van der Waals surface area contributed by atoms with Gasteiger partial charge >= 0.3 is 0 Å². The maximum atomic E-state index is 5.77. The molecule has 1 aliphatic rings. The van der Waals surface area contributed by atoms with E-state index in [1.807, 2.05) is 0 Å². The molecule has 2 heterocycles. The molecule has 2 aromatic rings. The van der Waals surface area contributed by atoms with E-state index in [1.54, 1.807) is 11.3 Å². The molecule has 0 fully saturated rings. The van der Waals surface area contributed by atoms with Gasteiger partial charge in [0.25, 0.3) is 0 Å². The first-order chi connectivity index (χ1) is 10.2. The summed E-state index contributed by atoms with van der Waals surface area (Å²) in [6.07, 6.45) is 0.921. The van der Waals surface area contributed by atoms with Crippen molar-refractivity contribution in [3.63, 3.8) is 0 Å². The lowest BCUT2D eigenvalue weighted by molar-refractivity contribution is 0.296. The van der Waals surface area contributed by atoms with Crippen molar-refractivity contribution in [3.05, 3.63) is 44.6 Å². The number of benzene rings is 1. The van der Waals surface area contributed by atoms with Crippen LogP contribution in [0.3, 0.4) is 0 Å². The molecule has 5 heteroatoms. The lowest BCUT2D eigenvalue weighted by Crippen LogP contribution is -2.17. The summed E-state index contributed by atoms with van der Waals surface area (Å²) in [5, 5.41) is 7.83. The molecule has 0 saturated carbocycles. The molecule has 0 radical (unpaired) electrons. The first kappa shape index (κ1) is 14.9. The summed E-state index contributed by atoms with van der Waals surface area (Å²) in [6, 6.07) is 6.66. The zero-order valence-electron chi connectivity index (χ0n) is 11.9. The van der Waals surface area contributed by atoms with Gasteiger partial charge < -0.3 is 14.8 Å². The third-order valence-electron chi connectivity index (χ3n) is 3.52. The summed E-state index contributed by atoms with van der Waals surface area (Å²) in [4.78, 5) is 0. The van der Waals surface area contributed by atoms with E-state index >= 15 is 0 Å². The lowest BCUT2D eigenvalue weighted by Gasteiger charge is -2.15. The van der Waals surface area contributed by atoms with Crippen LogP contribution in [0.2, 0.25) is 0 Å². The summed E-state index contributed by atoms with van der Waals surface area (Å²) >= 11 is 5.31. The molecule has 1 aromatic carbocycles. The van der Waals surface area contributed by atoms with Crippen molar-refractivity contribution >= 4 is 27.3 Å². The summed E-state index contributed by atoms with van der Waals surface area (Å²) in [7, 11) is 0. The van der Waals surface area contributed by atoms with E-state index in [1.165, 1.54) is 11.1 Å². The van der Waals surface area contributed by atoms with Crippen LogP contribution in [0.4, 0.5) is 0 Å². The molecule has 3 rings (SSSR count). The zero-order valence-corrected chi connectivity index (χ0v) is 14.3. The first-order valence-corrected chi connectivity index (χ1v) is 8.81. The Balaban J connectivity index is 1.71. The van der Waals surface area contributed by atoms with Gasteiger partial charge in [-0.2, -0.15) is 11.3 Å². The minimum absolute atomic E-state index is 0.339. The Morgan fingerprint density at radius 1 is 1.33 bits per heavy atom. The summed E-state index contributed by atoms with van der Waals surface area (Å²) in [5.74, 6) is 1.66. The van der Waals surface area contributed by atoms with Crippen LogP contribution in [0, 0.1) is 0 Å². The molecule has 1 aromatic heterocycles. The normalized spacial score (nSPS) is 15.5. The molecule has 1 aliphatic heterocycles. The predicted octanol–water partition coefficient (Wildman–Crippen LogP) is 4.52. The topological polar surface area (TPSA) is 30.5 Å². The van der Waals surface area contributed by atoms with E-state index in [0.717, 1.165) is 28.9 Å². The van der Waals surface area contributed by atoms with Gasteiger partial charge in [0, 0.05) is 19.0 Å². The molecule has 0 aliphatic carbocycles. The molecule has 3 nitrogen and oxygen atoms in total. The fraction of sp³-hybridized carbons (Fsp3) is 0.375. The SMILES string of the molecule is CC(NCc1cc(Br)c2c(c1)OCCCO2)c1ccsc1. The van der Waals surface area contributed by atoms with E-state index in [4.69, 9.17) is 9.47 Å². The molecule has 1 unspecified atom stereocenters. The number of hydrogen-bond donors (Lipinski definition) is 1. The average Bonchev–Trinajstić information content (AvgIpc) is 2.91. The Morgan fingerprint density at radius 2 is 2.19 bits per heavy atom. The number of thiophene rings is 1. The van der Waals surface area contributed by atoms with Crippen LogP contribution in [0.5, 0.6) is 11.5 Å². The molecule has 0 amide bonds. The van der Waals surface area contributed by atoms with Crippen molar-refractivity contribution in [2.45, 2.75) is 25.9 Å². The molecule has 112 valence electrons.